The van der Waals surface area contributed by atoms with Crippen molar-refractivity contribution in [1.29, 1.82) is 0 Å². The Hall–Kier alpha value is -1.65. The Morgan fingerprint density at radius 1 is 1.21 bits per heavy atom. The average molecular weight is 273 g/mol. The van der Waals surface area contributed by atoms with E-state index in [0.717, 1.165) is 10.4 Å². The summed E-state index contributed by atoms with van der Waals surface area (Å²) in [7, 11) is 0. The first-order valence-corrected chi connectivity index (χ1v) is 7.22. The third kappa shape index (κ3) is 2.69. The third-order valence-corrected chi connectivity index (χ3v) is 4.11. The Bertz CT molecular complexity index is 539. The number of amides is 1. The number of ether oxygens (including phenoxy) is 1. The smallest absolute Gasteiger partial charge is 0.264 e. The van der Waals surface area contributed by atoms with Crippen molar-refractivity contribution in [2.45, 2.75) is 6.10 Å². The van der Waals surface area contributed by atoms with Crippen LogP contribution < -0.4 is 0 Å². The second kappa shape index (κ2) is 5.55. The van der Waals surface area contributed by atoms with E-state index in [1.54, 1.807) is 0 Å². The molecule has 1 aromatic carbocycles. The number of rotatable bonds is 2. The number of hydrogen-bond acceptors (Lipinski definition) is 3. The molecular formula is C15H15NO2S. The van der Waals surface area contributed by atoms with Crippen LogP contribution in [0.5, 0.6) is 0 Å². The number of benzene rings is 1. The molecule has 2 aromatic rings. The van der Waals surface area contributed by atoms with Crippen LogP contribution in [0.25, 0.3) is 0 Å². The first kappa shape index (κ1) is 12.4. The molecule has 1 saturated heterocycles. The van der Waals surface area contributed by atoms with E-state index >= 15 is 0 Å². The number of thiophene rings is 1. The molecule has 0 unspecified atom stereocenters. The summed E-state index contributed by atoms with van der Waals surface area (Å²) in [5, 5.41) is 1.93. The molecule has 3 nitrogen and oxygen atoms in total. The zero-order valence-electron chi connectivity index (χ0n) is 10.5. The molecule has 19 heavy (non-hydrogen) atoms. The maximum Gasteiger partial charge on any atom is 0.264 e. The van der Waals surface area contributed by atoms with Crippen molar-refractivity contribution in [3.63, 3.8) is 0 Å². The van der Waals surface area contributed by atoms with E-state index in [-0.39, 0.29) is 12.0 Å². The third-order valence-electron chi connectivity index (χ3n) is 3.26. The Kier molecular flexibility index (Phi) is 3.62. The second-order valence-corrected chi connectivity index (χ2v) is 5.45. The quantitative estimate of drug-likeness (QED) is 0.842. The SMILES string of the molecule is O=C(c1cccs1)N1CCO[C@@H](c2ccccc2)C1. The molecule has 1 atom stereocenters. The zero-order valence-corrected chi connectivity index (χ0v) is 11.3. The highest BCUT2D eigenvalue weighted by Crippen LogP contribution is 2.23. The minimum Gasteiger partial charge on any atom is -0.370 e. The van der Waals surface area contributed by atoms with Gasteiger partial charge in [-0.1, -0.05) is 36.4 Å². The second-order valence-electron chi connectivity index (χ2n) is 4.50. The molecule has 1 aromatic heterocycles. The van der Waals surface area contributed by atoms with Crippen molar-refractivity contribution < 1.29 is 9.53 Å². The van der Waals surface area contributed by atoms with Crippen molar-refractivity contribution in [3.05, 3.63) is 58.3 Å². The normalized spacial score (nSPS) is 19.4. The summed E-state index contributed by atoms with van der Waals surface area (Å²) in [5.41, 5.74) is 1.13. The minimum absolute atomic E-state index is 0.0149. The van der Waals surface area contributed by atoms with Gasteiger partial charge < -0.3 is 9.64 Å². The maximum absolute atomic E-state index is 12.3. The van der Waals surface area contributed by atoms with Crippen LogP contribution in [0.2, 0.25) is 0 Å². The number of carbonyl (C=O) groups excluding carboxylic acids is 1. The molecule has 0 radical (unpaired) electrons. The van der Waals surface area contributed by atoms with Crippen molar-refractivity contribution in [2.24, 2.45) is 0 Å². The van der Waals surface area contributed by atoms with Gasteiger partial charge in [-0.3, -0.25) is 4.79 Å². The Labute approximate surface area is 116 Å². The Balaban J connectivity index is 1.73. The number of hydrogen-bond donors (Lipinski definition) is 0. The lowest BCUT2D eigenvalue weighted by Crippen LogP contribution is -2.42. The van der Waals surface area contributed by atoms with Crippen LogP contribution in [0, 0.1) is 0 Å². The summed E-state index contributed by atoms with van der Waals surface area (Å²) in [6.45, 7) is 1.89. The molecule has 1 fully saturated rings. The lowest BCUT2D eigenvalue weighted by Gasteiger charge is -2.33. The van der Waals surface area contributed by atoms with Crippen LogP contribution in [0.3, 0.4) is 0 Å². The minimum atomic E-state index is -0.0149. The first-order valence-electron chi connectivity index (χ1n) is 6.34. The predicted molar refractivity (Wildman–Crippen MR) is 75.4 cm³/mol. The average Bonchev–Trinajstić information content (AvgIpc) is 3.02. The van der Waals surface area contributed by atoms with Gasteiger partial charge in [-0.05, 0) is 17.0 Å². The monoisotopic (exact) mass is 273 g/mol. The summed E-state index contributed by atoms with van der Waals surface area (Å²) in [6, 6.07) is 13.9. The van der Waals surface area contributed by atoms with Gasteiger partial charge in [0.1, 0.15) is 6.10 Å². The van der Waals surface area contributed by atoms with Crippen LogP contribution in [0.15, 0.2) is 47.8 Å². The highest BCUT2D eigenvalue weighted by molar-refractivity contribution is 7.12. The van der Waals surface area contributed by atoms with Gasteiger partial charge in [0.05, 0.1) is 18.0 Å². The van der Waals surface area contributed by atoms with E-state index in [4.69, 9.17) is 4.74 Å². The lowest BCUT2D eigenvalue weighted by molar-refractivity contribution is -0.0226. The summed E-state index contributed by atoms with van der Waals surface area (Å²) in [4.78, 5) is 15.0. The van der Waals surface area contributed by atoms with Crippen LogP contribution in [0.1, 0.15) is 21.3 Å². The maximum atomic E-state index is 12.3. The van der Waals surface area contributed by atoms with Crippen molar-refractivity contribution in [2.75, 3.05) is 19.7 Å². The van der Waals surface area contributed by atoms with E-state index in [9.17, 15) is 4.79 Å². The molecule has 1 aliphatic heterocycles. The number of morpholine rings is 1. The topological polar surface area (TPSA) is 29.5 Å². The number of nitrogens with zero attached hydrogens (tertiary/aromatic N) is 1. The largest absolute Gasteiger partial charge is 0.370 e. The van der Waals surface area contributed by atoms with Crippen LogP contribution in [-0.4, -0.2) is 30.5 Å². The molecule has 2 heterocycles. The van der Waals surface area contributed by atoms with Crippen LogP contribution in [-0.2, 0) is 4.74 Å². The van der Waals surface area contributed by atoms with Gasteiger partial charge >= 0.3 is 0 Å². The van der Waals surface area contributed by atoms with Gasteiger partial charge in [-0.25, -0.2) is 0 Å². The Morgan fingerprint density at radius 3 is 2.79 bits per heavy atom. The van der Waals surface area contributed by atoms with Crippen LogP contribution in [0.4, 0.5) is 0 Å². The van der Waals surface area contributed by atoms with E-state index in [1.165, 1.54) is 11.3 Å². The molecule has 98 valence electrons. The summed E-state index contributed by atoms with van der Waals surface area (Å²) < 4.78 is 5.77. The summed E-state index contributed by atoms with van der Waals surface area (Å²) >= 11 is 1.49. The fourth-order valence-electron chi connectivity index (χ4n) is 2.26. The van der Waals surface area contributed by atoms with Gasteiger partial charge in [0.2, 0.25) is 0 Å². The molecule has 0 spiro atoms. The fourth-order valence-corrected chi connectivity index (χ4v) is 2.95. The van der Waals surface area contributed by atoms with Gasteiger partial charge in [-0.2, -0.15) is 0 Å². The molecule has 4 heteroatoms. The van der Waals surface area contributed by atoms with Crippen molar-refractivity contribution in [1.82, 2.24) is 4.90 Å². The van der Waals surface area contributed by atoms with E-state index in [0.29, 0.717) is 19.7 Å². The molecule has 0 N–H and O–H groups in total. The molecular weight excluding hydrogens is 258 g/mol. The highest BCUT2D eigenvalue weighted by Gasteiger charge is 2.26. The molecule has 3 rings (SSSR count). The van der Waals surface area contributed by atoms with E-state index < -0.39 is 0 Å². The van der Waals surface area contributed by atoms with Crippen molar-refractivity contribution >= 4 is 17.2 Å². The van der Waals surface area contributed by atoms with Crippen LogP contribution >= 0.6 is 11.3 Å². The van der Waals surface area contributed by atoms with Gasteiger partial charge in [-0.15, -0.1) is 11.3 Å². The summed E-state index contributed by atoms with van der Waals surface area (Å²) in [6.07, 6.45) is -0.0149. The molecule has 0 saturated carbocycles. The standard InChI is InChI=1S/C15H15NO2S/c17-15(14-7-4-10-19-14)16-8-9-18-13(11-16)12-5-2-1-3-6-12/h1-7,10,13H,8-9,11H2/t13-/m1/s1. The number of carbonyl (C=O) groups is 1. The molecule has 1 aliphatic rings. The van der Waals surface area contributed by atoms with Gasteiger partial charge in [0.25, 0.3) is 5.91 Å². The van der Waals surface area contributed by atoms with Gasteiger partial charge in [0, 0.05) is 6.54 Å². The lowest BCUT2D eigenvalue weighted by atomic mass is 10.1. The molecule has 1 amide bonds. The zero-order chi connectivity index (χ0) is 13.1. The first-order chi connectivity index (χ1) is 9.34. The van der Waals surface area contributed by atoms with E-state index in [1.807, 2.05) is 52.7 Å². The molecule has 0 aliphatic carbocycles. The van der Waals surface area contributed by atoms with E-state index in [2.05, 4.69) is 0 Å². The highest BCUT2D eigenvalue weighted by atomic mass is 32.1. The molecule has 0 bridgehead atoms. The van der Waals surface area contributed by atoms with Crippen molar-refractivity contribution in [3.8, 4) is 0 Å². The fraction of sp³-hybridized carbons (Fsp3) is 0.267. The van der Waals surface area contributed by atoms with Gasteiger partial charge in [0.15, 0.2) is 0 Å². The predicted octanol–water partition coefficient (Wildman–Crippen LogP) is 2.96. The Morgan fingerprint density at radius 2 is 2.05 bits per heavy atom. The summed E-state index contributed by atoms with van der Waals surface area (Å²) in [5.74, 6) is 0.110.